The largest absolute Gasteiger partial charge is 0.480 e. The van der Waals surface area contributed by atoms with E-state index in [1.54, 1.807) is 0 Å². The van der Waals surface area contributed by atoms with Crippen molar-refractivity contribution < 1.29 is 9.90 Å². The molecule has 2 N–H and O–H groups in total. The van der Waals surface area contributed by atoms with Gasteiger partial charge in [0, 0.05) is 17.3 Å². The molecule has 1 heterocycles. The molecule has 1 aromatic carbocycles. The third-order valence-electron chi connectivity index (χ3n) is 2.98. The molecule has 0 saturated carbocycles. The molecule has 0 spiro atoms. The molecule has 0 unspecified atom stereocenters. The predicted octanol–water partition coefficient (Wildman–Crippen LogP) is 2.26. The Morgan fingerprint density at radius 3 is 2.82 bits per heavy atom. The van der Waals surface area contributed by atoms with Gasteiger partial charge in [0.15, 0.2) is 0 Å². The van der Waals surface area contributed by atoms with Crippen LogP contribution in [0.3, 0.4) is 0 Å². The highest BCUT2D eigenvalue weighted by Gasteiger charge is 2.29. The number of hydrogen-bond acceptors (Lipinski definition) is 3. The van der Waals surface area contributed by atoms with Crippen LogP contribution in [0.15, 0.2) is 24.3 Å². The summed E-state index contributed by atoms with van der Waals surface area (Å²) in [7, 11) is 0. The second kappa shape index (κ2) is 5.38. The molecule has 0 aromatic heterocycles. The van der Waals surface area contributed by atoms with Crippen LogP contribution in [0, 0.1) is 0 Å². The number of nitrogens with one attached hydrogen (secondary N) is 1. The first-order valence-electron chi connectivity index (χ1n) is 5.63. The van der Waals surface area contributed by atoms with Gasteiger partial charge in [-0.05, 0) is 37.1 Å². The first-order valence-corrected chi connectivity index (χ1v) is 6.01. The molecule has 17 heavy (non-hydrogen) atoms. The fourth-order valence-corrected chi connectivity index (χ4v) is 2.18. The number of aliphatic carboxylic acids is 1. The molecule has 4 nitrogen and oxygen atoms in total. The van der Waals surface area contributed by atoms with Crippen LogP contribution in [0.5, 0.6) is 0 Å². The Kier molecular flexibility index (Phi) is 3.86. The molecule has 1 aromatic rings. The van der Waals surface area contributed by atoms with Crippen LogP contribution in [0.1, 0.15) is 12.8 Å². The zero-order valence-corrected chi connectivity index (χ0v) is 10.2. The molecular weight excluding hydrogens is 240 g/mol. The molecule has 0 amide bonds. The standard InChI is InChI=1S/C12H15ClN2O2/c13-9-3-5-10(6-4-9)14-8-15-7-1-2-11(15)12(16)17/h3-6,11,14H,1-2,7-8H2,(H,16,17)/t11-/m0/s1. The Hall–Kier alpha value is -1.26. The van der Waals surface area contributed by atoms with E-state index in [1.807, 2.05) is 29.2 Å². The Morgan fingerprint density at radius 2 is 2.18 bits per heavy atom. The van der Waals surface area contributed by atoms with Gasteiger partial charge in [-0.15, -0.1) is 0 Å². The van der Waals surface area contributed by atoms with Crippen molar-refractivity contribution in [3.63, 3.8) is 0 Å². The summed E-state index contributed by atoms with van der Waals surface area (Å²) in [5, 5.41) is 12.9. The highest BCUT2D eigenvalue weighted by Crippen LogP contribution is 2.18. The number of benzene rings is 1. The third kappa shape index (κ3) is 3.11. The fraction of sp³-hybridized carbons (Fsp3) is 0.417. The zero-order chi connectivity index (χ0) is 12.3. The Bertz CT molecular complexity index is 394. The van der Waals surface area contributed by atoms with Gasteiger partial charge < -0.3 is 10.4 Å². The number of hydrogen-bond donors (Lipinski definition) is 2. The minimum absolute atomic E-state index is 0.352. The molecule has 5 heteroatoms. The highest BCUT2D eigenvalue weighted by atomic mass is 35.5. The average molecular weight is 255 g/mol. The van der Waals surface area contributed by atoms with Crippen molar-refractivity contribution >= 4 is 23.3 Å². The number of likely N-dealkylation sites (tertiary alicyclic amines) is 1. The van der Waals surface area contributed by atoms with E-state index in [-0.39, 0.29) is 6.04 Å². The first kappa shape index (κ1) is 12.2. The number of carbonyl (C=O) groups is 1. The van der Waals surface area contributed by atoms with Gasteiger partial charge in [0.05, 0.1) is 6.67 Å². The molecule has 1 fully saturated rings. The lowest BCUT2D eigenvalue weighted by atomic mass is 10.2. The number of anilines is 1. The van der Waals surface area contributed by atoms with E-state index in [1.165, 1.54) is 0 Å². The monoisotopic (exact) mass is 254 g/mol. The van der Waals surface area contributed by atoms with Gasteiger partial charge in [-0.3, -0.25) is 9.69 Å². The van der Waals surface area contributed by atoms with Gasteiger partial charge in [-0.25, -0.2) is 0 Å². The number of carboxylic acid groups (broad SMARTS) is 1. The Balaban J connectivity index is 1.89. The topological polar surface area (TPSA) is 52.6 Å². The van der Waals surface area contributed by atoms with Crippen molar-refractivity contribution in [2.24, 2.45) is 0 Å². The highest BCUT2D eigenvalue weighted by molar-refractivity contribution is 6.30. The summed E-state index contributed by atoms with van der Waals surface area (Å²) in [4.78, 5) is 12.9. The molecular formula is C12H15ClN2O2. The van der Waals surface area contributed by atoms with Gasteiger partial charge >= 0.3 is 5.97 Å². The molecule has 1 atom stereocenters. The number of halogens is 1. The molecule has 0 aliphatic carbocycles. The van der Waals surface area contributed by atoms with Crippen molar-refractivity contribution in [1.82, 2.24) is 4.90 Å². The van der Waals surface area contributed by atoms with E-state index in [0.29, 0.717) is 11.7 Å². The average Bonchev–Trinajstić information content (AvgIpc) is 2.76. The van der Waals surface area contributed by atoms with Crippen LogP contribution >= 0.6 is 11.6 Å². The number of rotatable bonds is 4. The smallest absolute Gasteiger partial charge is 0.320 e. The van der Waals surface area contributed by atoms with Crippen LogP contribution in [-0.2, 0) is 4.79 Å². The Morgan fingerprint density at radius 1 is 1.47 bits per heavy atom. The van der Waals surface area contributed by atoms with Crippen molar-refractivity contribution in [1.29, 1.82) is 0 Å². The summed E-state index contributed by atoms with van der Waals surface area (Å²) >= 11 is 5.79. The molecule has 92 valence electrons. The van der Waals surface area contributed by atoms with Gasteiger partial charge in [0.25, 0.3) is 0 Å². The SMILES string of the molecule is O=C(O)[C@@H]1CCCN1CNc1ccc(Cl)cc1. The molecule has 1 saturated heterocycles. The number of nitrogens with zero attached hydrogens (tertiary/aromatic N) is 1. The molecule has 2 rings (SSSR count). The molecule has 1 aliphatic rings. The van der Waals surface area contributed by atoms with Crippen molar-refractivity contribution in [2.75, 3.05) is 18.5 Å². The minimum atomic E-state index is -0.736. The van der Waals surface area contributed by atoms with Crippen LogP contribution in [0.2, 0.25) is 5.02 Å². The maximum Gasteiger partial charge on any atom is 0.320 e. The second-order valence-corrected chi connectivity index (χ2v) is 4.59. The zero-order valence-electron chi connectivity index (χ0n) is 9.40. The van der Waals surface area contributed by atoms with E-state index in [2.05, 4.69) is 5.32 Å². The summed E-state index contributed by atoms with van der Waals surface area (Å²) < 4.78 is 0. The van der Waals surface area contributed by atoms with Gasteiger partial charge in [-0.1, -0.05) is 11.6 Å². The van der Waals surface area contributed by atoms with E-state index in [9.17, 15) is 4.79 Å². The van der Waals surface area contributed by atoms with Crippen LogP contribution in [-0.4, -0.2) is 35.2 Å². The Labute approximate surface area is 105 Å². The minimum Gasteiger partial charge on any atom is -0.480 e. The predicted molar refractivity (Wildman–Crippen MR) is 67.3 cm³/mol. The normalized spacial score (nSPS) is 20.4. The molecule has 0 bridgehead atoms. The lowest BCUT2D eigenvalue weighted by Gasteiger charge is -2.21. The van der Waals surface area contributed by atoms with E-state index >= 15 is 0 Å². The molecule has 1 aliphatic heterocycles. The summed E-state index contributed by atoms with van der Waals surface area (Å²) in [5.41, 5.74) is 0.949. The second-order valence-electron chi connectivity index (χ2n) is 4.15. The summed E-state index contributed by atoms with van der Waals surface area (Å²) in [6, 6.07) is 7.03. The third-order valence-corrected chi connectivity index (χ3v) is 3.23. The summed E-state index contributed by atoms with van der Waals surface area (Å²) in [6.07, 6.45) is 1.68. The summed E-state index contributed by atoms with van der Waals surface area (Å²) in [6.45, 7) is 1.39. The van der Waals surface area contributed by atoms with E-state index in [0.717, 1.165) is 25.1 Å². The van der Waals surface area contributed by atoms with Crippen molar-refractivity contribution in [2.45, 2.75) is 18.9 Å². The summed E-state index contributed by atoms with van der Waals surface area (Å²) in [5.74, 6) is -0.736. The van der Waals surface area contributed by atoms with Crippen molar-refractivity contribution in [3.05, 3.63) is 29.3 Å². The first-order chi connectivity index (χ1) is 8.16. The number of carboxylic acids is 1. The quantitative estimate of drug-likeness (QED) is 0.866. The van der Waals surface area contributed by atoms with Crippen LogP contribution < -0.4 is 5.32 Å². The van der Waals surface area contributed by atoms with E-state index < -0.39 is 5.97 Å². The molecule has 0 radical (unpaired) electrons. The van der Waals surface area contributed by atoms with Crippen molar-refractivity contribution in [3.8, 4) is 0 Å². The van der Waals surface area contributed by atoms with Crippen LogP contribution in [0.25, 0.3) is 0 Å². The fourth-order valence-electron chi connectivity index (χ4n) is 2.06. The van der Waals surface area contributed by atoms with Gasteiger partial charge in [-0.2, -0.15) is 0 Å². The maximum atomic E-state index is 11.0. The van der Waals surface area contributed by atoms with Gasteiger partial charge in [0.1, 0.15) is 6.04 Å². The lowest BCUT2D eigenvalue weighted by Crippen LogP contribution is -2.39. The lowest BCUT2D eigenvalue weighted by molar-refractivity contribution is -0.142. The van der Waals surface area contributed by atoms with Gasteiger partial charge in [0.2, 0.25) is 0 Å². The van der Waals surface area contributed by atoms with Crippen LogP contribution in [0.4, 0.5) is 5.69 Å². The van der Waals surface area contributed by atoms with E-state index in [4.69, 9.17) is 16.7 Å². The maximum absolute atomic E-state index is 11.0.